The molecule has 2 rings (SSSR count). The van der Waals surface area contributed by atoms with Crippen LogP contribution in [-0.2, 0) is 0 Å². The van der Waals surface area contributed by atoms with Gasteiger partial charge in [-0.2, -0.15) is 0 Å². The number of hydrogen-bond donors (Lipinski definition) is 1. The van der Waals surface area contributed by atoms with Crippen molar-refractivity contribution in [2.45, 2.75) is 18.4 Å². The number of nitrogens with one attached hydrogen (secondary N) is 1. The number of hydrogen-bond acceptors (Lipinski definition) is 4. The van der Waals surface area contributed by atoms with Crippen LogP contribution in [0.1, 0.15) is 13.3 Å². The molecule has 0 saturated carbocycles. The standard InChI is InChI=1S/C15H19N3S/c1-3-8-16-9-12(2)10-19-15-13-6-4-5-7-14(13)17-11-18-15/h4-7,11,16H,2-3,8-10H2,1H3. The Kier molecular flexibility index (Phi) is 5.36. The fourth-order valence-electron chi connectivity index (χ4n) is 1.76. The highest BCUT2D eigenvalue weighted by Gasteiger charge is 2.04. The molecule has 1 N–H and O–H groups in total. The van der Waals surface area contributed by atoms with Crippen LogP contribution in [0.3, 0.4) is 0 Å². The molecule has 0 aliphatic rings. The first kappa shape index (κ1) is 14.0. The van der Waals surface area contributed by atoms with Crippen LogP contribution in [0.15, 0.2) is 47.8 Å². The molecule has 1 aromatic carbocycles. The Morgan fingerprint density at radius 1 is 1.32 bits per heavy atom. The van der Waals surface area contributed by atoms with Crippen molar-refractivity contribution in [1.29, 1.82) is 0 Å². The van der Waals surface area contributed by atoms with Gasteiger partial charge in [0.2, 0.25) is 0 Å². The van der Waals surface area contributed by atoms with Gasteiger partial charge < -0.3 is 5.32 Å². The number of nitrogens with zero attached hydrogens (tertiary/aromatic N) is 2. The first-order valence-electron chi connectivity index (χ1n) is 6.51. The van der Waals surface area contributed by atoms with Crippen LogP contribution >= 0.6 is 11.8 Å². The number of aromatic nitrogens is 2. The lowest BCUT2D eigenvalue weighted by Crippen LogP contribution is -2.18. The Morgan fingerprint density at radius 3 is 3.00 bits per heavy atom. The van der Waals surface area contributed by atoms with E-state index in [1.807, 2.05) is 18.2 Å². The average molecular weight is 273 g/mol. The molecule has 0 amide bonds. The van der Waals surface area contributed by atoms with Crippen LogP contribution in [0.4, 0.5) is 0 Å². The zero-order valence-electron chi connectivity index (χ0n) is 11.2. The highest BCUT2D eigenvalue weighted by molar-refractivity contribution is 7.99. The third-order valence-electron chi connectivity index (χ3n) is 2.72. The zero-order valence-corrected chi connectivity index (χ0v) is 12.0. The summed E-state index contributed by atoms with van der Waals surface area (Å²) in [7, 11) is 0. The maximum Gasteiger partial charge on any atom is 0.117 e. The Bertz CT molecular complexity index is 549. The van der Waals surface area contributed by atoms with Crippen molar-refractivity contribution in [1.82, 2.24) is 15.3 Å². The molecule has 0 radical (unpaired) electrons. The fourth-order valence-corrected chi connectivity index (χ4v) is 2.65. The SMILES string of the molecule is C=C(CNCCC)CSc1ncnc2ccccc12. The molecule has 4 heteroatoms. The molecule has 100 valence electrons. The summed E-state index contributed by atoms with van der Waals surface area (Å²) < 4.78 is 0. The molecule has 0 aliphatic carbocycles. The van der Waals surface area contributed by atoms with E-state index in [4.69, 9.17) is 0 Å². The molecule has 0 unspecified atom stereocenters. The Labute approximate surface area is 118 Å². The molecule has 0 aliphatic heterocycles. The normalized spacial score (nSPS) is 10.8. The molecule has 2 aromatic rings. The van der Waals surface area contributed by atoms with Crippen LogP contribution in [0.5, 0.6) is 0 Å². The summed E-state index contributed by atoms with van der Waals surface area (Å²) in [6.45, 7) is 8.18. The maximum atomic E-state index is 4.37. The van der Waals surface area contributed by atoms with Gasteiger partial charge in [-0.15, -0.1) is 11.8 Å². The summed E-state index contributed by atoms with van der Waals surface area (Å²) in [5.74, 6) is 0.887. The van der Waals surface area contributed by atoms with Crippen molar-refractivity contribution in [3.05, 3.63) is 42.7 Å². The van der Waals surface area contributed by atoms with Gasteiger partial charge >= 0.3 is 0 Å². The number of fused-ring (bicyclic) bond motifs is 1. The predicted octanol–water partition coefficient (Wildman–Crippen LogP) is 3.28. The number of benzene rings is 1. The molecule has 1 heterocycles. The van der Waals surface area contributed by atoms with Crippen molar-refractivity contribution in [2.75, 3.05) is 18.8 Å². The van der Waals surface area contributed by atoms with E-state index in [-0.39, 0.29) is 0 Å². The molecule has 0 atom stereocenters. The Morgan fingerprint density at radius 2 is 2.16 bits per heavy atom. The molecule has 19 heavy (non-hydrogen) atoms. The number of thioether (sulfide) groups is 1. The van der Waals surface area contributed by atoms with E-state index in [1.54, 1.807) is 18.1 Å². The van der Waals surface area contributed by atoms with Crippen LogP contribution in [0, 0.1) is 0 Å². The molecule has 0 spiro atoms. The summed E-state index contributed by atoms with van der Waals surface area (Å²) in [6.07, 6.45) is 2.78. The molecule has 1 aromatic heterocycles. The molecule has 0 fully saturated rings. The van der Waals surface area contributed by atoms with Crippen LogP contribution < -0.4 is 5.32 Å². The monoisotopic (exact) mass is 273 g/mol. The molecule has 3 nitrogen and oxygen atoms in total. The lowest BCUT2D eigenvalue weighted by atomic mass is 10.2. The Balaban J connectivity index is 1.96. The van der Waals surface area contributed by atoms with E-state index in [2.05, 4.69) is 34.9 Å². The van der Waals surface area contributed by atoms with E-state index in [9.17, 15) is 0 Å². The third kappa shape index (κ3) is 4.04. The maximum absolute atomic E-state index is 4.37. The van der Waals surface area contributed by atoms with Gasteiger partial charge in [0.1, 0.15) is 11.4 Å². The third-order valence-corrected chi connectivity index (χ3v) is 3.87. The van der Waals surface area contributed by atoms with Crippen molar-refractivity contribution >= 4 is 22.7 Å². The lowest BCUT2D eigenvalue weighted by molar-refractivity contribution is 0.716. The molecular weight excluding hydrogens is 254 g/mol. The second-order valence-corrected chi connectivity index (χ2v) is 5.38. The van der Waals surface area contributed by atoms with Gasteiger partial charge in [-0.3, -0.25) is 0 Å². The zero-order chi connectivity index (χ0) is 13.5. The number of rotatable bonds is 7. The topological polar surface area (TPSA) is 37.8 Å². The van der Waals surface area contributed by atoms with Crippen molar-refractivity contribution in [3.63, 3.8) is 0 Å². The summed E-state index contributed by atoms with van der Waals surface area (Å²) >= 11 is 1.73. The number of para-hydroxylation sites is 1. The van der Waals surface area contributed by atoms with Gasteiger partial charge in [-0.1, -0.05) is 37.3 Å². The van der Waals surface area contributed by atoms with Crippen LogP contribution in [0.2, 0.25) is 0 Å². The summed E-state index contributed by atoms with van der Waals surface area (Å²) in [5.41, 5.74) is 2.19. The molecule has 0 saturated heterocycles. The quantitative estimate of drug-likeness (QED) is 0.363. The highest BCUT2D eigenvalue weighted by Crippen LogP contribution is 2.25. The molecule has 0 bridgehead atoms. The second kappa shape index (κ2) is 7.26. The van der Waals surface area contributed by atoms with Gasteiger partial charge in [0, 0.05) is 17.7 Å². The highest BCUT2D eigenvalue weighted by atomic mass is 32.2. The van der Waals surface area contributed by atoms with Crippen LogP contribution in [-0.4, -0.2) is 28.8 Å². The van der Waals surface area contributed by atoms with E-state index in [0.717, 1.165) is 41.2 Å². The van der Waals surface area contributed by atoms with Crippen molar-refractivity contribution in [2.24, 2.45) is 0 Å². The lowest BCUT2D eigenvalue weighted by Gasteiger charge is -2.07. The summed E-state index contributed by atoms with van der Waals surface area (Å²) in [6, 6.07) is 8.10. The average Bonchev–Trinajstić information content (AvgIpc) is 2.45. The van der Waals surface area contributed by atoms with Crippen molar-refractivity contribution < 1.29 is 0 Å². The second-order valence-electron chi connectivity index (χ2n) is 4.41. The predicted molar refractivity (Wildman–Crippen MR) is 82.6 cm³/mol. The minimum atomic E-state index is 0.879. The van der Waals surface area contributed by atoms with Gasteiger partial charge in [0.15, 0.2) is 0 Å². The first-order valence-corrected chi connectivity index (χ1v) is 7.49. The summed E-state index contributed by atoms with van der Waals surface area (Å²) in [5, 5.41) is 5.51. The first-order chi connectivity index (χ1) is 9.31. The van der Waals surface area contributed by atoms with E-state index >= 15 is 0 Å². The van der Waals surface area contributed by atoms with Gasteiger partial charge in [-0.25, -0.2) is 9.97 Å². The Hall–Kier alpha value is -1.39. The smallest absolute Gasteiger partial charge is 0.117 e. The van der Waals surface area contributed by atoms with Gasteiger partial charge in [-0.05, 0) is 19.0 Å². The minimum absolute atomic E-state index is 0.879. The van der Waals surface area contributed by atoms with Gasteiger partial charge in [0.05, 0.1) is 5.52 Å². The summed E-state index contributed by atoms with van der Waals surface area (Å²) in [4.78, 5) is 8.64. The van der Waals surface area contributed by atoms with E-state index in [1.165, 1.54) is 5.57 Å². The minimum Gasteiger partial charge on any atom is -0.313 e. The van der Waals surface area contributed by atoms with Crippen molar-refractivity contribution in [3.8, 4) is 0 Å². The van der Waals surface area contributed by atoms with E-state index < -0.39 is 0 Å². The molecular formula is C15H19N3S. The van der Waals surface area contributed by atoms with Crippen LogP contribution in [0.25, 0.3) is 10.9 Å². The fraction of sp³-hybridized carbons (Fsp3) is 0.333. The van der Waals surface area contributed by atoms with Gasteiger partial charge in [0.25, 0.3) is 0 Å². The largest absolute Gasteiger partial charge is 0.313 e. The van der Waals surface area contributed by atoms with E-state index in [0.29, 0.717) is 0 Å².